The van der Waals surface area contributed by atoms with Crippen LogP contribution in [-0.2, 0) is 4.74 Å². The number of rotatable bonds is 9. The lowest BCUT2D eigenvalue weighted by Crippen LogP contribution is -2.34. The van der Waals surface area contributed by atoms with Gasteiger partial charge in [-0.05, 0) is 52.2 Å². The highest BCUT2D eigenvalue weighted by Crippen LogP contribution is 2.22. The molecule has 0 saturated heterocycles. The molecule has 1 heterocycles. The number of benzene rings is 1. The summed E-state index contributed by atoms with van der Waals surface area (Å²) in [5.74, 6) is -0.559. The summed E-state index contributed by atoms with van der Waals surface area (Å²) in [4.78, 5) is 37.2. The smallest absolute Gasteiger partial charge is 0.407 e. The van der Waals surface area contributed by atoms with Gasteiger partial charge in [0.1, 0.15) is 5.60 Å². The Bertz CT molecular complexity index is 679. The van der Waals surface area contributed by atoms with Crippen LogP contribution in [0.2, 0.25) is 0 Å². The molecule has 0 fully saturated rings. The molecule has 0 spiro atoms. The number of fused-ring (bicyclic) bond motifs is 1. The van der Waals surface area contributed by atoms with Crippen molar-refractivity contribution in [2.24, 2.45) is 0 Å². The van der Waals surface area contributed by atoms with E-state index in [1.165, 1.54) is 9.96 Å². The van der Waals surface area contributed by atoms with E-state index < -0.39 is 11.7 Å². The van der Waals surface area contributed by atoms with Crippen LogP contribution in [0.1, 0.15) is 60.7 Å². The highest BCUT2D eigenvalue weighted by atomic mass is 16.6. The third kappa shape index (κ3) is 6.31. The molecule has 28 heavy (non-hydrogen) atoms. The molecule has 0 aromatic heterocycles. The monoisotopic (exact) mass is 391 g/mol. The minimum absolute atomic E-state index is 0.267. The minimum atomic E-state index is -0.522. The minimum Gasteiger partial charge on any atom is -0.444 e. The quantitative estimate of drug-likeness (QED) is 0.381. The highest BCUT2D eigenvalue weighted by Gasteiger charge is 2.34. The van der Waals surface area contributed by atoms with Gasteiger partial charge in [-0.2, -0.15) is 5.06 Å². The first-order valence-electron chi connectivity index (χ1n) is 9.55. The van der Waals surface area contributed by atoms with Crippen LogP contribution in [0.25, 0.3) is 0 Å². The van der Waals surface area contributed by atoms with Crippen LogP contribution in [0, 0.1) is 0 Å². The van der Waals surface area contributed by atoms with Gasteiger partial charge in [-0.25, -0.2) is 4.79 Å². The van der Waals surface area contributed by atoms with Crippen molar-refractivity contribution in [2.45, 2.75) is 45.6 Å². The van der Waals surface area contributed by atoms with Crippen molar-refractivity contribution in [3.05, 3.63) is 35.4 Å². The van der Waals surface area contributed by atoms with Gasteiger partial charge in [0.15, 0.2) is 0 Å². The van der Waals surface area contributed by atoms with Gasteiger partial charge in [-0.3, -0.25) is 14.5 Å². The molecular formula is C20H29N3O5. The number of carbonyl (C=O) groups is 3. The van der Waals surface area contributed by atoms with Crippen LogP contribution >= 0.6 is 0 Å². The fourth-order valence-electron chi connectivity index (χ4n) is 2.89. The van der Waals surface area contributed by atoms with Gasteiger partial charge in [-0.1, -0.05) is 12.1 Å². The third-order valence-corrected chi connectivity index (χ3v) is 4.19. The molecule has 3 amide bonds. The molecule has 8 heteroatoms. The Morgan fingerprint density at radius 3 is 2.21 bits per heavy atom. The van der Waals surface area contributed by atoms with Crippen LogP contribution in [0.15, 0.2) is 24.3 Å². The molecule has 1 aliphatic heterocycles. The lowest BCUT2D eigenvalue weighted by Gasteiger charge is -2.20. The third-order valence-electron chi connectivity index (χ3n) is 4.19. The van der Waals surface area contributed by atoms with E-state index >= 15 is 0 Å². The SMILES string of the molecule is CC(C)(C)OC(=O)NCCCCN(O)CCCN1C(=O)c2ccccc2C1=O. The first-order chi connectivity index (χ1) is 13.2. The Labute approximate surface area is 165 Å². The number of carbonyl (C=O) groups excluding carboxylic acids is 3. The average Bonchev–Trinajstić information content (AvgIpc) is 2.85. The summed E-state index contributed by atoms with van der Waals surface area (Å²) in [5.41, 5.74) is 0.350. The molecule has 1 aromatic rings. The zero-order chi connectivity index (χ0) is 20.7. The number of imide groups is 1. The van der Waals surface area contributed by atoms with Crippen molar-refractivity contribution in [1.82, 2.24) is 15.3 Å². The van der Waals surface area contributed by atoms with Crippen molar-refractivity contribution < 1.29 is 24.3 Å². The maximum Gasteiger partial charge on any atom is 0.407 e. The van der Waals surface area contributed by atoms with Crippen molar-refractivity contribution in [1.29, 1.82) is 0 Å². The van der Waals surface area contributed by atoms with E-state index in [1.807, 2.05) is 0 Å². The van der Waals surface area contributed by atoms with Gasteiger partial charge >= 0.3 is 6.09 Å². The van der Waals surface area contributed by atoms with E-state index in [0.717, 1.165) is 0 Å². The molecule has 1 aromatic carbocycles. The number of alkyl carbamates (subject to hydrolysis) is 1. The molecule has 1 aliphatic rings. The fourth-order valence-corrected chi connectivity index (χ4v) is 2.89. The zero-order valence-electron chi connectivity index (χ0n) is 16.7. The van der Waals surface area contributed by atoms with Crippen molar-refractivity contribution in [3.8, 4) is 0 Å². The summed E-state index contributed by atoms with van der Waals surface area (Å²) >= 11 is 0. The van der Waals surface area contributed by atoms with E-state index in [-0.39, 0.29) is 18.4 Å². The van der Waals surface area contributed by atoms with E-state index in [2.05, 4.69) is 5.32 Å². The highest BCUT2D eigenvalue weighted by molar-refractivity contribution is 6.21. The molecule has 0 bridgehead atoms. The summed E-state index contributed by atoms with van der Waals surface area (Å²) in [5, 5.41) is 13.8. The predicted molar refractivity (Wildman–Crippen MR) is 103 cm³/mol. The molecule has 0 unspecified atom stereocenters. The lowest BCUT2D eigenvalue weighted by molar-refractivity contribution is -0.0925. The largest absolute Gasteiger partial charge is 0.444 e. The van der Waals surface area contributed by atoms with Crippen LogP contribution in [-0.4, -0.2) is 64.9 Å². The number of amides is 3. The van der Waals surface area contributed by atoms with Crippen LogP contribution in [0.4, 0.5) is 4.79 Å². The molecule has 0 saturated carbocycles. The second kappa shape index (κ2) is 9.66. The van der Waals surface area contributed by atoms with E-state index in [4.69, 9.17) is 4.74 Å². The Kier molecular flexibility index (Phi) is 7.53. The number of nitrogens with zero attached hydrogens (tertiary/aromatic N) is 2. The summed E-state index contributed by atoms with van der Waals surface area (Å²) in [6.45, 7) is 6.95. The molecule has 2 rings (SSSR count). The molecule has 0 aliphatic carbocycles. The number of hydroxylamine groups is 2. The summed E-state index contributed by atoms with van der Waals surface area (Å²) in [7, 11) is 0. The Balaban J connectivity index is 1.59. The molecule has 0 radical (unpaired) electrons. The topological polar surface area (TPSA) is 99.2 Å². The summed E-state index contributed by atoms with van der Waals surface area (Å²) < 4.78 is 5.14. The van der Waals surface area contributed by atoms with E-state index in [1.54, 1.807) is 45.0 Å². The maximum absolute atomic E-state index is 12.3. The van der Waals surface area contributed by atoms with Crippen molar-refractivity contribution in [2.75, 3.05) is 26.2 Å². The average molecular weight is 391 g/mol. The lowest BCUT2D eigenvalue weighted by atomic mass is 10.1. The van der Waals surface area contributed by atoms with Crippen molar-refractivity contribution in [3.63, 3.8) is 0 Å². The molecule has 0 atom stereocenters. The van der Waals surface area contributed by atoms with E-state index in [0.29, 0.717) is 50.0 Å². The fraction of sp³-hybridized carbons (Fsp3) is 0.550. The summed E-state index contributed by atoms with van der Waals surface area (Å²) in [6, 6.07) is 6.78. The van der Waals surface area contributed by atoms with Crippen LogP contribution in [0.3, 0.4) is 0 Å². The normalized spacial score (nSPS) is 13.8. The first-order valence-corrected chi connectivity index (χ1v) is 9.55. The molecule has 2 N–H and O–H groups in total. The number of ether oxygens (including phenoxy) is 1. The van der Waals surface area contributed by atoms with E-state index in [9.17, 15) is 19.6 Å². The van der Waals surface area contributed by atoms with Crippen LogP contribution in [0.5, 0.6) is 0 Å². The number of unbranched alkanes of at least 4 members (excludes halogenated alkanes) is 1. The van der Waals surface area contributed by atoms with Crippen molar-refractivity contribution >= 4 is 17.9 Å². The summed E-state index contributed by atoms with van der Waals surface area (Å²) in [6.07, 6.45) is 1.43. The van der Waals surface area contributed by atoms with Crippen LogP contribution < -0.4 is 5.32 Å². The van der Waals surface area contributed by atoms with Gasteiger partial charge in [0.2, 0.25) is 0 Å². The standard InChI is InChI=1S/C20H29N3O5/c1-20(2,3)28-19(26)21-11-6-7-12-22(27)13-8-14-23-17(24)15-9-4-5-10-16(15)18(23)25/h4-5,9-10,27H,6-8,11-14H2,1-3H3,(H,21,26). The Morgan fingerprint density at radius 2 is 1.64 bits per heavy atom. The first kappa shape index (κ1) is 21.8. The van der Waals surface area contributed by atoms with Gasteiger partial charge in [0, 0.05) is 26.2 Å². The molecular weight excluding hydrogens is 362 g/mol. The van der Waals surface area contributed by atoms with Gasteiger partial charge in [-0.15, -0.1) is 0 Å². The number of nitrogens with one attached hydrogen (secondary N) is 1. The second-order valence-electron chi connectivity index (χ2n) is 7.75. The predicted octanol–water partition coefficient (Wildman–Crippen LogP) is 2.67. The van der Waals surface area contributed by atoms with Gasteiger partial charge in [0.05, 0.1) is 11.1 Å². The second-order valence-corrected chi connectivity index (χ2v) is 7.75. The maximum atomic E-state index is 12.3. The molecule has 8 nitrogen and oxygen atoms in total. The Hall–Kier alpha value is -2.45. The van der Waals surface area contributed by atoms with Gasteiger partial charge < -0.3 is 15.3 Å². The Morgan fingerprint density at radius 1 is 1.07 bits per heavy atom. The number of hydrogen-bond donors (Lipinski definition) is 2. The number of hydrogen-bond acceptors (Lipinski definition) is 6. The molecule has 154 valence electrons. The van der Waals surface area contributed by atoms with Gasteiger partial charge in [0.25, 0.3) is 11.8 Å². The zero-order valence-corrected chi connectivity index (χ0v) is 16.7.